The summed E-state index contributed by atoms with van der Waals surface area (Å²) in [6.45, 7) is 6.90. The molecule has 3 heterocycles. The quantitative estimate of drug-likeness (QED) is 0.458. The van der Waals surface area contributed by atoms with Gasteiger partial charge in [-0.25, -0.2) is 18.6 Å². The summed E-state index contributed by atoms with van der Waals surface area (Å²) in [7, 11) is 0. The van der Waals surface area contributed by atoms with E-state index in [2.05, 4.69) is 10.3 Å². The van der Waals surface area contributed by atoms with Crippen LogP contribution in [-0.4, -0.2) is 45.1 Å². The minimum atomic E-state index is -2.61. The normalized spacial score (nSPS) is 22.1. The Bertz CT molecular complexity index is 1270. The van der Waals surface area contributed by atoms with E-state index < -0.39 is 17.9 Å². The topological polar surface area (TPSA) is 76.5 Å². The number of nitrogens with zero attached hydrogens (tertiary/aromatic N) is 3. The molecule has 0 bridgehead atoms. The molecular formula is C25H28F2N4O3S. The van der Waals surface area contributed by atoms with Gasteiger partial charge in [-0.1, -0.05) is 12.1 Å². The van der Waals surface area contributed by atoms with Gasteiger partial charge >= 0.3 is 6.09 Å². The molecule has 5 rings (SSSR count). The Balaban J connectivity index is 1.33. The van der Waals surface area contributed by atoms with Crippen LogP contribution in [0.1, 0.15) is 67.0 Å². The molecule has 1 aliphatic carbocycles. The average Bonchev–Trinajstić information content (AvgIpc) is 3.48. The number of halogens is 2. The molecule has 2 aliphatic rings. The molecule has 2 aromatic heterocycles. The number of para-hydroxylation sites is 2. The highest BCUT2D eigenvalue weighted by molar-refractivity contribution is 7.14. The number of fused-ring (bicyclic) bond motifs is 1. The number of thiophene rings is 1. The second-order valence-electron chi connectivity index (χ2n) is 10.5. The summed E-state index contributed by atoms with van der Waals surface area (Å²) in [5, 5.41) is 2.84. The fraction of sp³-hybridized carbons (Fsp3) is 0.480. The van der Waals surface area contributed by atoms with Crippen LogP contribution >= 0.6 is 11.3 Å². The summed E-state index contributed by atoms with van der Waals surface area (Å²) in [4.78, 5) is 31.8. The number of benzene rings is 1. The Labute approximate surface area is 206 Å². The number of rotatable bonds is 4. The highest BCUT2D eigenvalue weighted by atomic mass is 32.1. The maximum Gasteiger partial charge on any atom is 0.410 e. The number of amides is 2. The summed E-state index contributed by atoms with van der Waals surface area (Å²) < 4.78 is 33.5. The van der Waals surface area contributed by atoms with E-state index in [1.807, 2.05) is 49.6 Å². The van der Waals surface area contributed by atoms with Crippen LogP contribution in [0.3, 0.4) is 0 Å². The number of nitrogens with one attached hydrogen (secondary N) is 1. The molecule has 0 unspecified atom stereocenters. The number of aromatic nitrogens is 2. The number of likely N-dealkylation sites (tertiary alicyclic amines) is 1. The number of hydrogen-bond donors (Lipinski definition) is 1. The van der Waals surface area contributed by atoms with Crippen molar-refractivity contribution in [3.8, 4) is 0 Å². The van der Waals surface area contributed by atoms with Crippen molar-refractivity contribution in [1.82, 2.24) is 14.5 Å². The van der Waals surface area contributed by atoms with Crippen molar-refractivity contribution in [1.29, 1.82) is 0 Å². The zero-order valence-corrected chi connectivity index (χ0v) is 20.7. The first-order valence-corrected chi connectivity index (χ1v) is 12.5. The van der Waals surface area contributed by atoms with Gasteiger partial charge in [-0.05, 0) is 69.7 Å². The first-order valence-electron chi connectivity index (χ1n) is 11.7. The molecule has 2 amide bonds. The second kappa shape index (κ2) is 8.58. The van der Waals surface area contributed by atoms with Crippen molar-refractivity contribution in [3.05, 3.63) is 46.2 Å². The number of alkyl halides is 2. The molecule has 2 fully saturated rings. The SMILES string of the molecule is CC(C)(C)OC(=O)N1CC[C@]2(C1)C[C@H](n1c(NC(=O)c3ccc(C(F)F)s3)nc3ccccc31)C2. The zero-order valence-electron chi connectivity index (χ0n) is 19.9. The lowest BCUT2D eigenvalue weighted by Crippen LogP contribution is -2.43. The lowest BCUT2D eigenvalue weighted by atomic mass is 9.65. The smallest absolute Gasteiger partial charge is 0.410 e. The average molecular weight is 503 g/mol. The van der Waals surface area contributed by atoms with Crippen LogP contribution < -0.4 is 5.32 Å². The number of carbonyl (C=O) groups is 2. The van der Waals surface area contributed by atoms with Gasteiger partial charge in [0, 0.05) is 19.1 Å². The maximum absolute atomic E-state index is 13.0. The molecule has 10 heteroatoms. The molecule has 35 heavy (non-hydrogen) atoms. The minimum absolute atomic E-state index is 0.0220. The van der Waals surface area contributed by atoms with Crippen molar-refractivity contribution in [2.45, 2.75) is 58.1 Å². The molecule has 1 aliphatic heterocycles. The Morgan fingerprint density at radius 2 is 1.94 bits per heavy atom. The first kappa shape index (κ1) is 23.7. The molecule has 0 atom stereocenters. The van der Waals surface area contributed by atoms with E-state index >= 15 is 0 Å². The minimum Gasteiger partial charge on any atom is -0.444 e. The summed E-state index contributed by atoms with van der Waals surface area (Å²) in [6.07, 6.45) is -0.279. The third-order valence-electron chi connectivity index (χ3n) is 6.68. The molecule has 186 valence electrons. The molecule has 1 saturated carbocycles. The third-order valence-corrected chi connectivity index (χ3v) is 7.77. The first-order chi connectivity index (χ1) is 16.5. The van der Waals surface area contributed by atoms with Crippen LogP contribution in [0.4, 0.5) is 19.5 Å². The number of imidazole rings is 1. The highest BCUT2D eigenvalue weighted by Crippen LogP contribution is 2.55. The number of hydrogen-bond acceptors (Lipinski definition) is 5. The predicted molar refractivity (Wildman–Crippen MR) is 130 cm³/mol. The van der Waals surface area contributed by atoms with Crippen molar-refractivity contribution in [3.63, 3.8) is 0 Å². The summed E-state index contributed by atoms with van der Waals surface area (Å²) in [5.74, 6) is -0.0468. The fourth-order valence-corrected chi connectivity index (χ4v) is 5.89. The van der Waals surface area contributed by atoms with Gasteiger partial charge in [-0.15, -0.1) is 11.3 Å². The summed E-state index contributed by atoms with van der Waals surface area (Å²) in [6, 6.07) is 10.5. The van der Waals surface area contributed by atoms with Crippen LogP contribution in [0.15, 0.2) is 36.4 Å². The van der Waals surface area contributed by atoms with Crippen molar-refractivity contribution < 1.29 is 23.1 Å². The molecule has 7 nitrogen and oxygen atoms in total. The van der Waals surface area contributed by atoms with Crippen LogP contribution in [0.2, 0.25) is 0 Å². The maximum atomic E-state index is 13.0. The van der Waals surface area contributed by atoms with E-state index in [4.69, 9.17) is 4.74 Å². The molecular weight excluding hydrogens is 474 g/mol. The molecule has 1 aromatic carbocycles. The van der Waals surface area contributed by atoms with Gasteiger partial charge in [0.2, 0.25) is 5.95 Å². The Kier molecular flexibility index (Phi) is 5.82. The lowest BCUT2D eigenvalue weighted by molar-refractivity contribution is 0.0199. The number of ether oxygens (including phenoxy) is 1. The van der Waals surface area contributed by atoms with E-state index in [1.165, 1.54) is 12.1 Å². The molecule has 0 radical (unpaired) electrons. The summed E-state index contributed by atoms with van der Waals surface area (Å²) in [5.41, 5.74) is 1.15. The van der Waals surface area contributed by atoms with E-state index in [9.17, 15) is 18.4 Å². The van der Waals surface area contributed by atoms with Crippen molar-refractivity contribution in [2.24, 2.45) is 5.41 Å². The van der Waals surface area contributed by atoms with Gasteiger partial charge in [-0.2, -0.15) is 0 Å². The van der Waals surface area contributed by atoms with Gasteiger partial charge in [0.05, 0.1) is 20.8 Å². The molecule has 1 spiro atoms. The Hall–Kier alpha value is -3.01. The van der Waals surface area contributed by atoms with Gasteiger partial charge < -0.3 is 14.2 Å². The fourth-order valence-electron chi connectivity index (χ4n) is 5.13. The predicted octanol–water partition coefficient (Wildman–Crippen LogP) is 6.25. The molecule has 1 saturated heterocycles. The van der Waals surface area contributed by atoms with E-state index in [0.717, 1.165) is 41.6 Å². The lowest BCUT2D eigenvalue weighted by Gasteiger charge is -2.46. The third kappa shape index (κ3) is 4.63. The molecule has 1 N–H and O–H groups in total. The number of carbonyl (C=O) groups excluding carboxylic acids is 2. The van der Waals surface area contributed by atoms with Crippen LogP contribution in [-0.2, 0) is 4.74 Å². The van der Waals surface area contributed by atoms with Crippen LogP contribution in [0.25, 0.3) is 11.0 Å². The highest BCUT2D eigenvalue weighted by Gasteiger charge is 2.51. The van der Waals surface area contributed by atoms with E-state index in [0.29, 0.717) is 19.0 Å². The van der Waals surface area contributed by atoms with Crippen molar-refractivity contribution in [2.75, 3.05) is 18.4 Å². The zero-order chi connectivity index (χ0) is 25.0. The standard InChI is InChI=1S/C25H28F2N4O3S/c1-24(2,3)34-23(33)30-11-10-25(14-30)12-15(13-25)31-17-7-5-4-6-16(17)28-22(31)29-21(32)19-9-8-18(35-19)20(26)27/h4-9,15,20H,10-14H2,1-3H3,(H,28,29,32)/t15-,25-. The Morgan fingerprint density at radius 1 is 1.20 bits per heavy atom. The monoisotopic (exact) mass is 502 g/mol. The van der Waals surface area contributed by atoms with Gasteiger partial charge in [0.25, 0.3) is 12.3 Å². The Morgan fingerprint density at radius 3 is 2.63 bits per heavy atom. The molecule has 3 aromatic rings. The van der Waals surface area contributed by atoms with E-state index in [-0.39, 0.29) is 27.3 Å². The number of anilines is 1. The van der Waals surface area contributed by atoms with Gasteiger partial charge in [-0.3, -0.25) is 10.1 Å². The second-order valence-corrected chi connectivity index (χ2v) is 11.6. The van der Waals surface area contributed by atoms with E-state index in [1.54, 1.807) is 4.90 Å². The van der Waals surface area contributed by atoms with Crippen molar-refractivity contribution >= 4 is 40.3 Å². The summed E-state index contributed by atoms with van der Waals surface area (Å²) >= 11 is 0.783. The van der Waals surface area contributed by atoms with Gasteiger partial charge in [0.1, 0.15) is 5.60 Å². The van der Waals surface area contributed by atoms with Crippen LogP contribution in [0, 0.1) is 5.41 Å². The largest absolute Gasteiger partial charge is 0.444 e. The van der Waals surface area contributed by atoms with Crippen LogP contribution in [0.5, 0.6) is 0 Å². The van der Waals surface area contributed by atoms with Gasteiger partial charge in [0.15, 0.2) is 0 Å².